The van der Waals surface area contributed by atoms with Crippen molar-refractivity contribution < 1.29 is 4.21 Å². The fourth-order valence-corrected chi connectivity index (χ4v) is 2.28. The number of rotatable bonds is 3. The molecule has 0 saturated heterocycles. The fraction of sp³-hybridized carbons (Fsp3) is 0.400. The standard InChI is InChI=1S/C10H13ClOS/c1-3-10(11)13(12)9-6-4-8(2)5-7-9/h4-7,10H,3H2,1-2H3/t10?,13-/m1/s1. The van der Waals surface area contributed by atoms with Gasteiger partial charge in [0.1, 0.15) is 4.71 Å². The largest absolute Gasteiger partial charge is 0.253 e. The highest BCUT2D eigenvalue weighted by Crippen LogP contribution is 2.16. The summed E-state index contributed by atoms with van der Waals surface area (Å²) in [5.41, 5.74) is 1.17. The van der Waals surface area contributed by atoms with Gasteiger partial charge < -0.3 is 0 Å². The molecule has 2 atom stereocenters. The molecule has 1 rings (SSSR count). The second kappa shape index (κ2) is 4.77. The average molecular weight is 217 g/mol. The monoisotopic (exact) mass is 216 g/mol. The summed E-state index contributed by atoms with van der Waals surface area (Å²) in [5.74, 6) is 0. The van der Waals surface area contributed by atoms with Crippen molar-refractivity contribution in [2.75, 3.05) is 0 Å². The third-order valence-electron chi connectivity index (χ3n) is 1.81. The van der Waals surface area contributed by atoms with Crippen LogP contribution in [0.2, 0.25) is 0 Å². The van der Waals surface area contributed by atoms with Crippen LogP contribution in [0.3, 0.4) is 0 Å². The zero-order valence-corrected chi connectivity index (χ0v) is 9.36. The van der Waals surface area contributed by atoms with E-state index in [2.05, 4.69) is 0 Å². The van der Waals surface area contributed by atoms with E-state index in [1.54, 1.807) is 0 Å². The predicted octanol–water partition coefficient (Wildman–Crippen LogP) is 3.08. The lowest BCUT2D eigenvalue weighted by atomic mass is 10.2. The molecule has 0 radical (unpaired) electrons. The van der Waals surface area contributed by atoms with Crippen molar-refractivity contribution in [3.8, 4) is 0 Å². The van der Waals surface area contributed by atoms with Gasteiger partial charge >= 0.3 is 0 Å². The Labute approximate surface area is 86.6 Å². The lowest BCUT2D eigenvalue weighted by Gasteiger charge is -2.06. The van der Waals surface area contributed by atoms with Crippen LogP contribution in [0.5, 0.6) is 0 Å². The van der Waals surface area contributed by atoms with E-state index in [9.17, 15) is 4.21 Å². The molecule has 0 aromatic heterocycles. The summed E-state index contributed by atoms with van der Waals surface area (Å²) in [6.07, 6.45) is 0.724. The molecule has 0 amide bonds. The summed E-state index contributed by atoms with van der Waals surface area (Å²) >= 11 is 5.89. The van der Waals surface area contributed by atoms with Crippen LogP contribution in [-0.2, 0) is 10.8 Å². The molecule has 72 valence electrons. The van der Waals surface area contributed by atoms with Crippen molar-refractivity contribution in [2.45, 2.75) is 29.9 Å². The minimum atomic E-state index is -1.07. The topological polar surface area (TPSA) is 17.1 Å². The van der Waals surface area contributed by atoms with Crippen LogP contribution in [0.4, 0.5) is 0 Å². The zero-order valence-electron chi connectivity index (χ0n) is 7.79. The van der Waals surface area contributed by atoms with E-state index in [4.69, 9.17) is 11.6 Å². The Kier molecular flexibility index (Phi) is 3.94. The smallest absolute Gasteiger partial charge is 0.113 e. The van der Waals surface area contributed by atoms with E-state index >= 15 is 0 Å². The van der Waals surface area contributed by atoms with Crippen molar-refractivity contribution in [1.82, 2.24) is 0 Å². The van der Waals surface area contributed by atoms with Gasteiger partial charge in [-0.05, 0) is 25.5 Å². The van der Waals surface area contributed by atoms with Crippen molar-refractivity contribution in [3.63, 3.8) is 0 Å². The maximum absolute atomic E-state index is 11.7. The van der Waals surface area contributed by atoms with Gasteiger partial charge in [-0.15, -0.1) is 11.6 Å². The van der Waals surface area contributed by atoms with Crippen LogP contribution in [0.15, 0.2) is 29.2 Å². The summed E-state index contributed by atoms with van der Waals surface area (Å²) in [5, 5.41) is 0. The maximum atomic E-state index is 11.7. The molecule has 0 fully saturated rings. The van der Waals surface area contributed by atoms with Gasteiger partial charge in [0.15, 0.2) is 0 Å². The second-order valence-corrected chi connectivity index (χ2v) is 5.35. The molecule has 1 unspecified atom stereocenters. The van der Waals surface area contributed by atoms with Crippen LogP contribution in [0, 0.1) is 6.92 Å². The molecule has 0 aliphatic heterocycles. The van der Waals surface area contributed by atoms with Gasteiger partial charge in [0, 0.05) is 4.90 Å². The first-order valence-corrected chi connectivity index (χ1v) is 5.91. The summed E-state index contributed by atoms with van der Waals surface area (Å²) in [7, 11) is -1.07. The summed E-state index contributed by atoms with van der Waals surface area (Å²) in [6.45, 7) is 3.94. The highest BCUT2D eigenvalue weighted by molar-refractivity contribution is 7.87. The molecule has 1 nitrogen and oxygen atoms in total. The molecule has 1 aromatic carbocycles. The Morgan fingerprint density at radius 1 is 1.38 bits per heavy atom. The third kappa shape index (κ3) is 2.82. The van der Waals surface area contributed by atoms with E-state index in [0.717, 1.165) is 11.3 Å². The van der Waals surface area contributed by atoms with E-state index in [1.807, 2.05) is 38.1 Å². The average Bonchev–Trinajstić information content (AvgIpc) is 2.17. The minimum absolute atomic E-state index is 0.275. The Morgan fingerprint density at radius 2 is 1.92 bits per heavy atom. The SMILES string of the molecule is CCC(Cl)[S@](=O)c1ccc(C)cc1. The molecule has 0 spiro atoms. The summed E-state index contributed by atoms with van der Waals surface area (Å²) < 4.78 is 11.4. The first kappa shape index (κ1) is 10.7. The molecular weight excluding hydrogens is 204 g/mol. The Morgan fingerprint density at radius 3 is 2.38 bits per heavy atom. The van der Waals surface area contributed by atoms with Gasteiger partial charge in [0.05, 0.1) is 10.8 Å². The van der Waals surface area contributed by atoms with Gasteiger partial charge in [0.25, 0.3) is 0 Å². The molecule has 1 aromatic rings. The molecule has 0 N–H and O–H groups in total. The van der Waals surface area contributed by atoms with Crippen LogP contribution in [0.25, 0.3) is 0 Å². The Hall–Kier alpha value is -0.340. The van der Waals surface area contributed by atoms with E-state index < -0.39 is 10.8 Å². The van der Waals surface area contributed by atoms with Crippen LogP contribution >= 0.6 is 11.6 Å². The summed E-state index contributed by atoms with van der Waals surface area (Å²) in [4.78, 5) is 0.812. The van der Waals surface area contributed by atoms with Crippen LogP contribution < -0.4 is 0 Å². The number of alkyl halides is 1. The Bertz CT molecular complexity index is 294. The quantitative estimate of drug-likeness (QED) is 0.710. The second-order valence-electron chi connectivity index (χ2n) is 2.93. The van der Waals surface area contributed by atoms with Crippen molar-refractivity contribution >= 4 is 22.4 Å². The third-order valence-corrected chi connectivity index (χ3v) is 4.14. The van der Waals surface area contributed by atoms with Gasteiger partial charge in [-0.1, -0.05) is 24.6 Å². The van der Waals surface area contributed by atoms with Gasteiger partial charge in [-0.3, -0.25) is 4.21 Å². The number of benzene rings is 1. The van der Waals surface area contributed by atoms with Crippen molar-refractivity contribution in [3.05, 3.63) is 29.8 Å². The lowest BCUT2D eigenvalue weighted by molar-refractivity contribution is 0.679. The van der Waals surface area contributed by atoms with Gasteiger partial charge in [-0.2, -0.15) is 0 Å². The minimum Gasteiger partial charge on any atom is -0.253 e. The number of halogens is 1. The Balaban J connectivity index is 2.83. The molecule has 0 aliphatic carbocycles. The molecule has 13 heavy (non-hydrogen) atoms. The highest BCUT2D eigenvalue weighted by Gasteiger charge is 2.12. The lowest BCUT2D eigenvalue weighted by Crippen LogP contribution is -2.06. The first-order valence-electron chi connectivity index (χ1n) is 4.26. The van der Waals surface area contributed by atoms with Gasteiger partial charge in [-0.25, -0.2) is 0 Å². The van der Waals surface area contributed by atoms with Crippen LogP contribution in [-0.4, -0.2) is 8.92 Å². The predicted molar refractivity (Wildman–Crippen MR) is 57.5 cm³/mol. The van der Waals surface area contributed by atoms with Crippen LogP contribution in [0.1, 0.15) is 18.9 Å². The molecule has 3 heteroatoms. The zero-order chi connectivity index (χ0) is 9.84. The van der Waals surface area contributed by atoms with Gasteiger partial charge in [0.2, 0.25) is 0 Å². The molecule has 0 saturated carbocycles. The fourth-order valence-electron chi connectivity index (χ4n) is 0.971. The molecule has 0 bridgehead atoms. The number of hydrogen-bond acceptors (Lipinski definition) is 1. The normalized spacial score (nSPS) is 15.3. The van der Waals surface area contributed by atoms with E-state index in [1.165, 1.54) is 5.56 Å². The first-order chi connectivity index (χ1) is 6.15. The number of aryl methyl sites for hydroxylation is 1. The summed E-state index contributed by atoms with van der Waals surface area (Å²) in [6, 6.07) is 7.64. The maximum Gasteiger partial charge on any atom is 0.113 e. The van der Waals surface area contributed by atoms with Crippen molar-refractivity contribution in [2.24, 2.45) is 0 Å². The highest BCUT2D eigenvalue weighted by atomic mass is 35.5. The number of hydrogen-bond donors (Lipinski definition) is 0. The van der Waals surface area contributed by atoms with Crippen molar-refractivity contribution in [1.29, 1.82) is 0 Å². The molecule has 0 aliphatic rings. The molecular formula is C10H13ClOS. The van der Waals surface area contributed by atoms with E-state index in [0.29, 0.717) is 0 Å². The van der Waals surface area contributed by atoms with E-state index in [-0.39, 0.29) is 4.71 Å². The molecule has 0 heterocycles.